The molecule has 0 spiro atoms. The van der Waals surface area contributed by atoms with Gasteiger partial charge in [0.05, 0.1) is 29.2 Å². The minimum atomic E-state index is -0.822. The van der Waals surface area contributed by atoms with Crippen LogP contribution < -0.4 is 10.6 Å². The van der Waals surface area contributed by atoms with E-state index in [0.29, 0.717) is 10.7 Å². The van der Waals surface area contributed by atoms with Crippen LogP contribution in [0, 0.1) is 23.7 Å². The van der Waals surface area contributed by atoms with Gasteiger partial charge in [-0.15, -0.1) is 0 Å². The minimum Gasteiger partial charge on any atom is -0.395 e. The van der Waals surface area contributed by atoms with E-state index in [1.165, 1.54) is 11.9 Å². The number of β-amino-alcohol motifs (C(OH)–C–C–N with tert-alkyl or cyclic N) is 1. The highest BCUT2D eigenvalue weighted by Gasteiger charge is 2.56. The Balaban J connectivity index is 1.96. The van der Waals surface area contributed by atoms with Gasteiger partial charge in [0.1, 0.15) is 6.04 Å². The van der Waals surface area contributed by atoms with E-state index in [1.54, 1.807) is 24.3 Å². The molecule has 1 aromatic rings. The summed E-state index contributed by atoms with van der Waals surface area (Å²) in [5.74, 6) is -2.71. The average Bonchev–Trinajstić information content (AvgIpc) is 2.95. The van der Waals surface area contributed by atoms with Gasteiger partial charge in [-0.3, -0.25) is 14.4 Å². The van der Waals surface area contributed by atoms with E-state index in [4.69, 9.17) is 11.6 Å². The predicted octanol–water partition coefficient (Wildman–Crippen LogP) is 1.28. The zero-order chi connectivity index (χ0) is 20.4. The molecular formula is C20H24ClN3O4. The van der Waals surface area contributed by atoms with E-state index in [0.717, 1.165) is 0 Å². The van der Waals surface area contributed by atoms with E-state index in [9.17, 15) is 19.5 Å². The van der Waals surface area contributed by atoms with Crippen molar-refractivity contribution in [2.75, 3.05) is 25.5 Å². The number of halogens is 1. The van der Waals surface area contributed by atoms with Crippen LogP contribution in [-0.2, 0) is 14.4 Å². The van der Waals surface area contributed by atoms with Gasteiger partial charge in [0.25, 0.3) is 0 Å². The Morgan fingerprint density at radius 1 is 1.21 bits per heavy atom. The second-order valence-electron chi connectivity index (χ2n) is 7.16. The van der Waals surface area contributed by atoms with Crippen molar-refractivity contribution < 1.29 is 19.5 Å². The van der Waals surface area contributed by atoms with Crippen molar-refractivity contribution in [1.82, 2.24) is 10.2 Å². The average molecular weight is 406 g/mol. The normalized spacial score (nSPS) is 28.8. The molecule has 1 fully saturated rings. The summed E-state index contributed by atoms with van der Waals surface area (Å²) in [6.07, 6.45) is 3.73. The van der Waals surface area contributed by atoms with Gasteiger partial charge in [-0.2, -0.15) is 0 Å². The molecule has 3 N–H and O–H groups in total. The summed E-state index contributed by atoms with van der Waals surface area (Å²) >= 11 is 6.14. The Morgan fingerprint density at radius 2 is 1.93 bits per heavy atom. The second kappa shape index (κ2) is 8.32. The van der Waals surface area contributed by atoms with Crippen molar-refractivity contribution in [3.63, 3.8) is 0 Å². The van der Waals surface area contributed by atoms with Crippen LogP contribution in [0.4, 0.5) is 5.69 Å². The van der Waals surface area contributed by atoms with Gasteiger partial charge in [-0.05, 0) is 18.1 Å². The smallest absolute Gasteiger partial charge is 0.247 e. The molecule has 5 atom stereocenters. The number of carbonyl (C=O) groups excluding carboxylic acids is 3. The quantitative estimate of drug-likeness (QED) is 0.643. The summed E-state index contributed by atoms with van der Waals surface area (Å²) in [5.41, 5.74) is 0.449. The first-order valence-corrected chi connectivity index (χ1v) is 9.65. The van der Waals surface area contributed by atoms with Gasteiger partial charge in [-0.1, -0.05) is 42.8 Å². The first kappa shape index (κ1) is 20.4. The number of para-hydroxylation sites is 1. The molecule has 0 radical (unpaired) electrons. The fourth-order valence-corrected chi connectivity index (χ4v) is 4.46. The molecule has 3 amide bonds. The summed E-state index contributed by atoms with van der Waals surface area (Å²) < 4.78 is 0. The van der Waals surface area contributed by atoms with Gasteiger partial charge in [0.15, 0.2) is 0 Å². The summed E-state index contributed by atoms with van der Waals surface area (Å²) in [4.78, 5) is 40.1. The van der Waals surface area contributed by atoms with Crippen molar-refractivity contribution in [3.05, 3.63) is 41.4 Å². The third kappa shape index (κ3) is 3.52. The van der Waals surface area contributed by atoms with Crippen LogP contribution >= 0.6 is 11.6 Å². The largest absolute Gasteiger partial charge is 0.395 e. The van der Waals surface area contributed by atoms with Crippen LogP contribution in [0.5, 0.6) is 0 Å². The molecule has 28 heavy (non-hydrogen) atoms. The molecule has 1 aliphatic carbocycles. The number of amides is 3. The van der Waals surface area contributed by atoms with E-state index in [-0.39, 0.29) is 30.9 Å². The number of nitrogens with one attached hydrogen (secondary N) is 2. The molecule has 0 saturated carbocycles. The topological polar surface area (TPSA) is 98.7 Å². The van der Waals surface area contributed by atoms with Crippen LogP contribution in [-0.4, -0.2) is 54.0 Å². The molecule has 150 valence electrons. The third-order valence-corrected chi connectivity index (χ3v) is 5.89. The van der Waals surface area contributed by atoms with Crippen molar-refractivity contribution in [1.29, 1.82) is 0 Å². The summed E-state index contributed by atoms with van der Waals surface area (Å²) in [5, 5.41) is 15.2. The Hall–Kier alpha value is -2.38. The molecular weight excluding hydrogens is 382 g/mol. The van der Waals surface area contributed by atoms with Crippen molar-refractivity contribution >= 4 is 35.0 Å². The SMILES string of the molecule is CNC(=O)[C@H]1[C@H]2C(=O)N(CCO)[C@H](C(=O)Nc3ccccc3Cl)[C@H]2C=C[C@H]1C. The summed E-state index contributed by atoms with van der Waals surface area (Å²) in [7, 11) is 1.54. The number of aliphatic hydroxyl groups is 1. The molecule has 0 bridgehead atoms. The van der Waals surface area contributed by atoms with Crippen molar-refractivity contribution in [2.45, 2.75) is 13.0 Å². The number of benzene rings is 1. The molecule has 0 aromatic heterocycles. The number of fused-ring (bicyclic) bond motifs is 1. The predicted molar refractivity (Wildman–Crippen MR) is 106 cm³/mol. The van der Waals surface area contributed by atoms with Crippen molar-refractivity contribution in [3.8, 4) is 0 Å². The Morgan fingerprint density at radius 3 is 2.57 bits per heavy atom. The van der Waals surface area contributed by atoms with Crippen molar-refractivity contribution in [2.24, 2.45) is 23.7 Å². The van der Waals surface area contributed by atoms with E-state index < -0.39 is 29.7 Å². The Bertz CT molecular complexity index is 812. The Labute approximate surface area is 168 Å². The standard InChI is InChI=1S/C20H24ClN3O4/c1-11-7-8-12-16(15(11)18(26)22-2)20(28)24(9-10-25)17(12)19(27)23-14-6-4-3-5-13(14)21/h3-8,11-12,15-17,25H,9-10H2,1-2H3,(H,22,26)(H,23,27)/t11-,12+,15-,16+,17+/m1/s1. The van der Waals surface area contributed by atoms with Gasteiger partial charge in [-0.25, -0.2) is 0 Å². The van der Waals surface area contributed by atoms with Gasteiger partial charge in [0.2, 0.25) is 17.7 Å². The maximum Gasteiger partial charge on any atom is 0.247 e. The van der Waals surface area contributed by atoms with E-state index >= 15 is 0 Å². The molecule has 1 aliphatic heterocycles. The monoisotopic (exact) mass is 405 g/mol. The fraction of sp³-hybridized carbons (Fsp3) is 0.450. The van der Waals surface area contributed by atoms with Gasteiger partial charge in [0, 0.05) is 19.5 Å². The molecule has 1 heterocycles. The number of rotatable bonds is 5. The molecule has 3 rings (SSSR count). The van der Waals surface area contributed by atoms with Crippen LogP contribution in [0.1, 0.15) is 6.92 Å². The summed E-state index contributed by atoms with van der Waals surface area (Å²) in [6, 6.07) is 6.02. The van der Waals surface area contributed by atoms with Crippen LogP contribution in [0.3, 0.4) is 0 Å². The number of likely N-dealkylation sites (tertiary alicyclic amines) is 1. The number of carbonyl (C=O) groups is 3. The number of anilines is 1. The number of hydrogen-bond donors (Lipinski definition) is 3. The molecule has 1 saturated heterocycles. The number of allylic oxidation sites excluding steroid dienone is 1. The minimum absolute atomic E-state index is 0.0229. The maximum absolute atomic E-state index is 13.1. The highest BCUT2D eigenvalue weighted by atomic mass is 35.5. The number of hydrogen-bond acceptors (Lipinski definition) is 4. The van der Waals surface area contributed by atoms with Gasteiger partial charge < -0.3 is 20.6 Å². The zero-order valence-electron chi connectivity index (χ0n) is 15.8. The van der Waals surface area contributed by atoms with Crippen LogP contribution in [0.15, 0.2) is 36.4 Å². The molecule has 8 heteroatoms. The lowest BCUT2D eigenvalue weighted by Gasteiger charge is -2.32. The first-order valence-electron chi connectivity index (χ1n) is 9.27. The molecule has 0 unspecified atom stereocenters. The number of nitrogens with zero attached hydrogens (tertiary/aromatic N) is 1. The van der Waals surface area contributed by atoms with Crippen LogP contribution in [0.2, 0.25) is 5.02 Å². The Kier molecular flexibility index (Phi) is 6.05. The third-order valence-electron chi connectivity index (χ3n) is 5.56. The molecule has 1 aromatic carbocycles. The van der Waals surface area contributed by atoms with E-state index in [2.05, 4.69) is 10.6 Å². The lowest BCUT2D eigenvalue weighted by atomic mass is 9.70. The molecule has 7 nitrogen and oxygen atoms in total. The van der Waals surface area contributed by atoms with Crippen LogP contribution in [0.25, 0.3) is 0 Å². The number of aliphatic hydroxyl groups excluding tert-OH is 1. The maximum atomic E-state index is 13.1. The first-order chi connectivity index (χ1) is 13.4. The second-order valence-corrected chi connectivity index (χ2v) is 7.56. The van der Waals surface area contributed by atoms with Gasteiger partial charge >= 0.3 is 0 Å². The lowest BCUT2D eigenvalue weighted by molar-refractivity contribution is -0.140. The summed E-state index contributed by atoms with van der Waals surface area (Å²) in [6.45, 7) is 1.63. The molecule has 2 aliphatic rings. The van der Waals surface area contributed by atoms with E-state index in [1.807, 2.05) is 19.1 Å². The highest BCUT2D eigenvalue weighted by molar-refractivity contribution is 6.33. The lowest BCUT2D eigenvalue weighted by Crippen LogP contribution is -2.45. The highest BCUT2D eigenvalue weighted by Crippen LogP contribution is 2.44. The zero-order valence-corrected chi connectivity index (χ0v) is 16.5. The fourth-order valence-electron chi connectivity index (χ4n) is 4.28.